The molecule has 184 valence electrons. The van der Waals surface area contributed by atoms with Gasteiger partial charge in [0, 0.05) is 30.9 Å². The van der Waals surface area contributed by atoms with Gasteiger partial charge in [-0.05, 0) is 50.5 Å². The molecule has 35 heavy (non-hydrogen) atoms. The fourth-order valence-electron chi connectivity index (χ4n) is 4.29. The minimum atomic E-state index is -0.746. The Hall–Kier alpha value is -3.66. The van der Waals surface area contributed by atoms with Gasteiger partial charge in [-0.15, -0.1) is 0 Å². The highest BCUT2D eigenvalue weighted by atomic mass is 35.5. The Morgan fingerprint density at radius 2 is 1.86 bits per heavy atom. The molecular weight excluding hydrogens is 474 g/mol. The summed E-state index contributed by atoms with van der Waals surface area (Å²) < 4.78 is 7.22. The molecule has 0 atom stereocenters. The van der Waals surface area contributed by atoms with Crippen molar-refractivity contribution in [2.75, 3.05) is 25.5 Å². The number of anilines is 1. The van der Waals surface area contributed by atoms with Crippen LogP contribution in [0.3, 0.4) is 0 Å². The van der Waals surface area contributed by atoms with Crippen LogP contribution in [0.4, 0.5) is 5.69 Å². The van der Waals surface area contributed by atoms with Gasteiger partial charge in [0.05, 0.1) is 23.7 Å². The third-order valence-corrected chi connectivity index (χ3v) is 6.27. The van der Waals surface area contributed by atoms with E-state index in [4.69, 9.17) is 16.3 Å². The van der Waals surface area contributed by atoms with Gasteiger partial charge in [-0.1, -0.05) is 11.6 Å². The lowest BCUT2D eigenvalue weighted by Crippen LogP contribution is -2.43. The van der Waals surface area contributed by atoms with Gasteiger partial charge in [-0.25, -0.2) is 9.78 Å². The van der Waals surface area contributed by atoms with Crippen LogP contribution in [0.2, 0.25) is 5.02 Å². The van der Waals surface area contributed by atoms with Gasteiger partial charge in [0.15, 0.2) is 0 Å². The van der Waals surface area contributed by atoms with Gasteiger partial charge in [0.2, 0.25) is 5.91 Å². The van der Waals surface area contributed by atoms with Gasteiger partial charge >= 0.3 is 5.69 Å². The second-order valence-electron chi connectivity index (χ2n) is 8.49. The maximum atomic E-state index is 13.5. The van der Waals surface area contributed by atoms with E-state index in [2.05, 4.69) is 10.3 Å². The summed E-state index contributed by atoms with van der Waals surface area (Å²) in [5.74, 6) is -0.542. The first kappa shape index (κ1) is 24.5. The zero-order valence-corrected chi connectivity index (χ0v) is 20.5. The predicted octanol–water partition coefficient (Wildman–Crippen LogP) is 2.33. The lowest BCUT2D eigenvalue weighted by molar-refractivity contribution is -0.116. The summed E-state index contributed by atoms with van der Waals surface area (Å²) in [6.45, 7) is 2.34. The van der Waals surface area contributed by atoms with E-state index in [1.807, 2.05) is 0 Å². The Morgan fingerprint density at radius 1 is 1.14 bits per heavy atom. The molecule has 1 aliphatic rings. The summed E-state index contributed by atoms with van der Waals surface area (Å²) >= 11 is 6.02. The zero-order valence-electron chi connectivity index (χ0n) is 19.8. The average molecular weight is 500 g/mol. The van der Waals surface area contributed by atoms with E-state index >= 15 is 0 Å². The number of hydrogen-bond donors (Lipinski definition) is 1. The van der Waals surface area contributed by atoms with E-state index < -0.39 is 23.7 Å². The van der Waals surface area contributed by atoms with Crippen LogP contribution in [-0.4, -0.2) is 51.0 Å². The van der Waals surface area contributed by atoms with Crippen molar-refractivity contribution in [2.45, 2.75) is 32.7 Å². The molecule has 1 N–H and O–H groups in total. The van der Waals surface area contributed by atoms with Crippen LogP contribution < -0.4 is 21.3 Å². The van der Waals surface area contributed by atoms with Crippen molar-refractivity contribution in [1.29, 1.82) is 0 Å². The molecule has 2 amide bonds. The SMILES string of the molecule is COc1ccc(Cl)cc1NC(=O)Cn1c(=O)c2c(C(=O)N3CCCCC3)cc(C)nc2n(C)c1=O. The number of rotatable bonds is 5. The number of carbonyl (C=O) groups is 2. The third kappa shape index (κ3) is 4.79. The van der Waals surface area contributed by atoms with Crippen LogP contribution in [0.1, 0.15) is 35.3 Å². The van der Waals surface area contributed by atoms with Gasteiger partial charge in [0.25, 0.3) is 11.5 Å². The summed E-state index contributed by atoms with van der Waals surface area (Å²) in [4.78, 5) is 58.8. The molecule has 1 saturated heterocycles. The molecule has 0 spiro atoms. The monoisotopic (exact) mass is 499 g/mol. The molecule has 0 saturated carbocycles. The number of methoxy groups -OCH3 is 1. The van der Waals surface area contributed by atoms with Gasteiger partial charge in [-0.2, -0.15) is 0 Å². The van der Waals surface area contributed by atoms with Crippen LogP contribution in [-0.2, 0) is 18.4 Å². The molecule has 1 aliphatic heterocycles. The standard InChI is InChI=1S/C24H26ClN5O5/c1-14-11-16(22(32)29-9-5-4-6-10-29)20-21(26-14)28(2)24(34)30(23(20)33)13-19(31)27-17-12-15(25)7-8-18(17)35-3/h7-8,11-12H,4-6,9-10,13H2,1-3H3,(H,27,31). The topological polar surface area (TPSA) is 116 Å². The molecule has 2 aromatic heterocycles. The number of piperidine rings is 1. The van der Waals surface area contributed by atoms with Crippen molar-refractivity contribution in [3.05, 3.63) is 61.4 Å². The molecule has 0 bridgehead atoms. The summed E-state index contributed by atoms with van der Waals surface area (Å²) in [5.41, 5.74) is -0.367. The highest BCUT2D eigenvalue weighted by Gasteiger charge is 2.25. The molecule has 0 aliphatic carbocycles. The fourth-order valence-corrected chi connectivity index (χ4v) is 4.46. The number of nitrogens with zero attached hydrogens (tertiary/aromatic N) is 4. The van der Waals surface area contributed by atoms with E-state index in [-0.39, 0.29) is 22.5 Å². The molecule has 0 radical (unpaired) electrons. The van der Waals surface area contributed by atoms with E-state index in [1.165, 1.54) is 24.8 Å². The van der Waals surface area contributed by atoms with Crippen LogP contribution in [0, 0.1) is 6.92 Å². The number of aryl methyl sites for hydroxylation is 2. The van der Waals surface area contributed by atoms with Crippen LogP contribution in [0.25, 0.3) is 11.0 Å². The second kappa shape index (κ2) is 9.91. The summed E-state index contributed by atoms with van der Waals surface area (Å²) in [5, 5.41) is 3.02. The maximum Gasteiger partial charge on any atom is 0.332 e. The van der Waals surface area contributed by atoms with Crippen molar-refractivity contribution in [3.8, 4) is 5.75 Å². The first-order valence-electron chi connectivity index (χ1n) is 11.2. The third-order valence-electron chi connectivity index (χ3n) is 6.03. The van der Waals surface area contributed by atoms with Crippen LogP contribution in [0.5, 0.6) is 5.75 Å². The number of benzene rings is 1. The predicted molar refractivity (Wildman–Crippen MR) is 132 cm³/mol. The Bertz CT molecular complexity index is 1440. The average Bonchev–Trinajstić information content (AvgIpc) is 2.85. The molecule has 10 nitrogen and oxygen atoms in total. The largest absolute Gasteiger partial charge is 0.495 e. The number of nitrogens with one attached hydrogen (secondary N) is 1. The summed E-state index contributed by atoms with van der Waals surface area (Å²) in [6, 6.07) is 6.26. The maximum absolute atomic E-state index is 13.5. The van der Waals surface area contributed by atoms with Crippen molar-refractivity contribution >= 4 is 40.1 Å². The first-order valence-corrected chi connectivity index (χ1v) is 11.6. The number of halogens is 1. The van der Waals surface area contributed by atoms with Crippen molar-refractivity contribution in [1.82, 2.24) is 19.0 Å². The first-order chi connectivity index (χ1) is 16.7. The van der Waals surface area contributed by atoms with Gasteiger partial charge in [0.1, 0.15) is 17.9 Å². The fraction of sp³-hybridized carbons (Fsp3) is 0.375. The summed E-state index contributed by atoms with van der Waals surface area (Å²) in [7, 11) is 2.90. The van der Waals surface area contributed by atoms with Gasteiger partial charge < -0.3 is 15.0 Å². The number of hydrogen-bond acceptors (Lipinski definition) is 6. The number of carbonyl (C=O) groups excluding carboxylic acids is 2. The highest BCUT2D eigenvalue weighted by Crippen LogP contribution is 2.27. The lowest BCUT2D eigenvalue weighted by atomic mass is 10.1. The van der Waals surface area contributed by atoms with Crippen molar-refractivity contribution < 1.29 is 14.3 Å². The smallest absolute Gasteiger partial charge is 0.332 e. The van der Waals surface area contributed by atoms with E-state index in [9.17, 15) is 19.2 Å². The Labute approximate surface area is 206 Å². The van der Waals surface area contributed by atoms with E-state index in [0.717, 1.165) is 23.8 Å². The summed E-state index contributed by atoms with van der Waals surface area (Å²) in [6.07, 6.45) is 2.83. The normalized spacial score (nSPS) is 13.7. The van der Waals surface area contributed by atoms with Gasteiger partial charge in [-0.3, -0.25) is 23.5 Å². The number of pyridine rings is 1. The number of ether oxygens (including phenoxy) is 1. The Kier molecular flexibility index (Phi) is 6.93. The second-order valence-corrected chi connectivity index (χ2v) is 8.92. The lowest BCUT2D eigenvalue weighted by Gasteiger charge is -2.27. The minimum absolute atomic E-state index is 0.0152. The number of amides is 2. The molecule has 3 aromatic rings. The molecule has 11 heteroatoms. The number of fused-ring (bicyclic) bond motifs is 1. The van der Waals surface area contributed by atoms with Crippen LogP contribution in [0.15, 0.2) is 33.9 Å². The number of likely N-dealkylation sites (tertiary alicyclic amines) is 1. The molecule has 4 rings (SSSR count). The zero-order chi connectivity index (χ0) is 25.3. The Morgan fingerprint density at radius 3 is 2.54 bits per heavy atom. The molecule has 3 heterocycles. The highest BCUT2D eigenvalue weighted by molar-refractivity contribution is 6.31. The minimum Gasteiger partial charge on any atom is -0.495 e. The Balaban J connectivity index is 1.78. The molecular formula is C24H26ClN5O5. The number of aromatic nitrogens is 3. The van der Waals surface area contributed by atoms with Crippen molar-refractivity contribution in [2.24, 2.45) is 7.05 Å². The molecule has 1 fully saturated rings. The van der Waals surface area contributed by atoms with Crippen LogP contribution >= 0.6 is 11.6 Å². The quantitative estimate of drug-likeness (QED) is 0.576. The van der Waals surface area contributed by atoms with E-state index in [0.29, 0.717) is 35.2 Å². The van der Waals surface area contributed by atoms with E-state index in [1.54, 1.807) is 30.0 Å². The van der Waals surface area contributed by atoms with Crippen molar-refractivity contribution in [3.63, 3.8) is 0 Å². The molecule has 1 aromatic carbocycles. The molecule has 0 unspecified atom stereocenters.